The highest BCUT2D eigenvalue weighted by Gasteiger charge is 2.18. The lowest BCUT2D eigenvalue weighted by Gasteiger charge is -2.16. The first-order chi connectivity index (χ1) is 8.90. The molecule has 0 saturated carbocycles. The van der Waals surface area contributed by atoms with Crippen molar-refractivity contribution < 1.29 is 9.50 Å². The Labute approximate surface area is 136 Å². The molecule has 100 valence electrons. The van der Waals surface area contributed by atoms with Crippen molar-refractivity contribution in [3.8, 4) is 0 Å². The molecular formula is C14H10Br3FO. The molecule has 1 atom stereocenters. The molecule has 1 N–H and O–H groups in total. The van der Waals surface area contributed by atoms with Crippen LogP contribution in [0.4, 0.5) is 4.39 Å². The van der Waals surface area contributed by atoms with Gasteiger partial charge in [-0.1, -0.05) is 47.8 Å². The van der Waals surface area contributed by atoms with Crippen molar-refractivity contribution in [2.45, 2.75) is 13.0 Å². The van der Waals surface area contributed by atoms with Gasteiger partial charge < -0.3 is 5.11 Å². The van der Waals surface area contributed by atoms with Crippen LogP contribution in [-0.2, 0) is 0 Å². The van der Waals surface area contributed by atoms with Crippen LogP contribution in [0.1, 0.15) is 22.8 Å². The first-order valence-corrected chi connectivity index (χ1v) is 7.86. The van der Waals surface area contributed by atoms with Crippen LogP contribution >= 0.6 is 47.8 Å². The van der Waals surface area contributed by atoms with Gasteiger partial charge >= 0.3 is 0 Å². The van der Waals surface area contributed by atoms with E-state index in [1.54, 1.807) is 6.07 Å². The van der Waals surface area contributed by atoms with Crippen LogP contribution in [0.15, 0.2) is 43.7 Å². The first-order valence-electron chi connectivity index (χ1n) is 5.48. The number of halogens is 4. The van der Waals surface area contributed by atoms with Crippen molar-refractivity contribution in [2.75, 3.05) is 0 Å². The molecule has 19 heavy (non-hydrogen) atoms. The zero-order chi connectivity index (χ0) is 14.2. The molecule has 2 aromatic rings. The summed E-state index contributed by atoms with van der Waals surface area (Å²) in [6.07, 6.45) is -0.906. The van der Waals surface area contributed by atoms with Gasteiger partial charge in [0.15, 0.2) is 0 Å². The van der Waals surface area contributed by atoms with E-state index in [0.29, 0.717) is 15.6 Å². The number of aliphatic hydroxyl groups excluding tert-OH is 1. The summed E-state index contributed by atoms with van der Waals surface area (Å²) in [5.74, 6) is -0.375. The number of hydrogen-bond donors (Lipinski definition) is 1. The van der Waals surface area contributed by atoms with Gasteiger partial charge in [-0.15, -0.1) is 0 Å². The molecular weight excluding hydrogens is 443 g/mol. The number of aliphatic hydroxyl groups is 1. The molecule has 1 unspecified atom stereocenters. The highest BCUT2D eigenvalue weighted by Crippen LogP contribution is 2.35. The molecule has 1 nitrogen and oxygen atoms in total. The molecule has 5 heteroatoms. The van der Waals surface area contributed by atoms with E-state index in [2.05, 4.69) is 47.8 Å². The maximum absolute atomic E-state index is 13.3. The highest BCUT2D eigenvalue weighted by molar-refractivity contribution is 9.11. The fourth-order valence-electron chi connectivity index (χ4n) is 1.76. The van der Waals surface area contributed by atoms with Gasteiger partial charge in [0.1, 0.15) is 11.9 Å². The molecule has 0 heterocycles. The van der Waals surface area contributed by atoms with Gasteiger partial charge in [0, 0.05) is 24.5 Å². The van der Waals surface area contributed by atoms with E-state index in [0.717, 1.165) is 14.5 Å². The van der Waals surface area contributed by atoms with E-state index < -0.39 is 6.10 Å². The summed E-state index contributed by atoms with van der Waals surface area (Å²) in [6, 6.07) is 8.01. The third-order valence-corrected chi connectivity index (χ3v) is 5.09. The van der Waals surface area contributed by atoms with Crippen molar-refractivity contribution in [3.05, 3.63) is 66.3 Å². The van der Waals surface area contributed by atoms with Crippen LogP contribution < -0.4 is 0 Å². The quantitative estimate of drug-likeness (QED) is 0.637. The Kier molecular flexibility index (Phi) is 4.82. The minimum Gasteiger partial charge on any atom is -0.384 e. The van der Waals surface area contributed by atoms with Gasteiger partial charge in [-0.25, -0.2) is 4.39 Å². The summed E-state index contributed by atoms with van der Waals surface area (Å²) < 4.78 is 15.7. The summed E-state index contributed by atoms with van der Waals surface area (Å²) in [7, 11) is 0. The molecule has 0 aliphatic carbocycles. The smallest absolute Gasteiger partial charge is 0.123 e. The second kappa shape index (κ2) is 6.04. The van der Waals surface area contributed by atoms with Crippen LogP contribution in [0, 0.1) is 12.7 Å². The predicted molar refractivity (Wildman–Crippen MR) is 84.7 cm³/mol. The Balaban J connectivity index is 2.52. The van der Waals surface area contributed by atoms with E-state index in [1.807, 2.05) is 19.1 Å². The number of rotatable bonds is 2. The monoisotopic (exact) mass is 450 g/mol. The van der Waals surface area contributed by atoms with Crippen molar-refractivity contribution in [1.82, 2.24) is 0 Å². The Bertz CT molecular complexity index is 628. The van der Waals surface area contributed by atoms with Crippen LogP contribution in [-0.4, -0.2) is 5.11 Å². The average molecular weight is 453 g/mol. The molecule has 0 fully saturated rings. The van der Waals surface area contributed by atoms with E-state index in [1.165, 1.54) is 12.1 Å². The fraction of sp³-hybridized carbons (Fsp3) is 0.143. The van der Waals surface area contributed by atoms with E-state index in [9.17, 15) is 9.50 Å². The van der Waals surface area contributed by atoms with Crippen LogP contribution in [0.5, 0.6) is 0 Å². The third kappa shape index (κ3) is 3.27. The van der Waals surface area contributed by atoms with Gasteiger partial charge in [0.25, 0.3) is 0 Å². The maximum Gasteiger partial charge on any atom is 0.123 e. The molecule has 0 radical (unpaired) electrons. The first kappa shape index (κ1) is 15.2. The van der Waals surface area contributed by atoms with E-state index in [4.69, 9.17) is 0 Å². The largest absolute Gasteiger partial charge is 0.384 e. The number of aryl methyl sites for hydroxylation is 1. The van der Waals surface area contributed by atoms with Crippen LogP contribution in [0.3, 0.4) is 0 Å². The molecule has 2 aromatic carbocycles. The molecule has 0 saturated heterocycles. The lowest BCUT2D eigenvalue weighted by atomic mass is 10.0. The van der Waals surface area contributed by atoms with Crippen LogP contribution in [0.25, 0.3) is 0 Å². The zero-order valence-electron chi connectivity index (χ0n) is 9.92. The lowest BCUT2D eigenvalue weighted by molar-refractivity contribution is 0.218. The normalized spacial score (nSPS) is 12.5. The van der Waals surface area contributed by atoms with E-state index >= 15 is 0 Å². The molecule has 0 amide bonds. The number of benzene rings is 2. The molecule has 0 aliphatic heterocycles. The SMILES string of the molecule is Cc1cc(Br)c(C(O)c2cc(F)ccc2Br)cc1Br. The second-order valence-corrected chi connectivity index (χ2v) is 6.75. The molecule has 0 bridgehead atoms. The minimum atomic E-state index is -0.906. The topological polar surface area (TPSA) is 20.2 Å². The van der Waals surface area contributed by atoms with Gasteiger partial charge in [-0.2, -0.15) is 0 Å². The summed E-state index contributed by atoms with van der Waals surface area (Å²) >= 11 is 10.2. The third-order valence-electron chi connectivity index (χ3n) is 2.83. The average Bonchev–Trinajstić information content (AvgIpc) is 2.36. The Morgan fingerprint density at radius 1 is 0.947 bits per heavy atom. The highest BCUT2D eigenvalue weighted by atomic mass is 79.9. The Morgan fingerprint density at radius 3 is 2.26 bits per heavy atom. The van der Waals surface area contributed by atoms with Gasteiger partial charge in [-0.3, -0.25) is 0 Å². The van der Waals surface area contributed by atoms with E-state index in [-0.39, 0.29) is 5.82 Å². The summed E-state index contributed by atoms with van der Waals surface area (Å²) in [4.78, 5) is 0. The number of hydrogen-bond acceptors (Lipinski definition) is 1. The van der Waals surface area contributed by atoms with Gasteiger partial charge in [0.05, 0.1) is 0 Å². The van der Waals surface area contributed by atoms with Crippen molar-refractivity contribution in [1.29, 1.82) is 0 Å². The minimum absolute atomic E-state index is 0.375. The standard InChI is InChI=1S/C14H10Br3FO/c1-7-4-13(17)10(6-12(7)16)14(19)9-5-8(18)2-3-11(9)15/h2-6,14,19H,1H3. The lowest BCUT2D eigenvalue weighted by Crippen LogP contribution is -2.03. The van der Waals surface area contributed by atoms with Gasteiger partial charge in [-0.05, 0) is 42.8 Å². The molecule has 0 aromatic heterocycles. The summed E-state index contributed by atoms with van der Waals surface area (Å²) in [5, 5.41) is 10.4. The van der Waals surface area contributed by atoms with Crippen molar-refractivity contribution in [3.63, 3.8) is 0 Å². The predicted octanol–water partition coefficient (Wildman–Crippen LogP) is 5.50. The molecule has 2 rings (SSSR count). The summed E-state index contributed by atoms with van der Waals surface area (Å²) in [6.45, 7) is 1.96. The van der Waals surface area contributed by atoms with Crippen molar-refractivity contribution in [2.24, 2.45) is 0 Å². The Hall–Kier alpha value is -0.230. The van der Waals surface area contributed by atoms with Crippen molar-refractivity contribution >= 4 is 47.8 Å². The Morgan fingerprint density at radius 2 is 1.58 bits per heavy atom. The molecule has 0 aliphatic rings. The summed E-state index contributed by atoms with van der Waals surface area (Å²) in [5.41, 5.74) is 2.24. The van der Waals surface area contributed by atoms with Crippen LogP contribution in [0.2, 0.25) is 0 Å². The maximum atomic E-state index is 13.3. The second-order valence-electron chi connectivity index (χ2n) is 4.19. The molecule has 0 spiro atoms. The fourth-order valence-corrected chi connectivity index (χ4v) is 3.26. The van der Waals surface area contributed by atoms with Gasteiger partial charge in [0.2, 0.25) is 0 Å². The zero-order valence-corrected chi connectivity index (χ0v) is 14.7.